The molecular formula is C25H42O4. The molecule has 1 saturated carbocycles. The standard InChI is InChI=1S/C25H42O4/c1-16(2)15-20(27)29-22-21(28)18(4)19(10-9-17(3)11-14-26)25(7)13-8-12-24(5,6)23(22)25/h11,16,21-23,26,28H,8-10,12-15H2,1-7H3. The van der Waals surface area contributed by atoms with Crippen molar-refractivity contribution in [2.24, 2.45) is 22.7 Å². The Hall–Kier alpha value is -1.13. The molecule has 0 aromatic rings. The molecule has 4 atom stereocenters. The highest BCUT2D eigenvalue weighted by Gasteiger charge is 2.57. The fourth-order valence-electron chi connectivity index (χ4n) is 6.02. The van der Waals surface area contributed by atoms with Gasteiger partial charge in [0, 0.05) is 12.3 Å². The van der Waals surface area contributed by atoms with E-state index in [1.807, 2.05) is 33.8 Å². The van der Waals surface area contributed by atoms with Gasteiger partial charge in [-0.2, -0.15) is 0 Å². The van der Waals surface area contributed by atoms with Crippen molar-refractivity contribution in [1.29, 1.82) is 0 Å². The molecule has 2 rings (SSSR count). The van der Waals surface area contributed by atoms with E-state index < -0.39 is 12.2 Å². The average molecular weight is 407 g/mol. The highest BCUT2D eigenvalue weighted by molar-refractivity contribution is 5.70. The van der Waals surface area contributed by atoms with Crippen LogP contribution < -0.4 is 0 Å². The number of esters is 1. The van der Waals surface area contributed by atoms with Crippen LogP contribution in [0.15, 0.2) is 22.8 Å². The number of ether oxygens (including phenoxy) is 1. The van der Waals surface area contributed by atoms with Crippen molar-refractivity contribution < 1.29 is 19.7 Å². The Bertz CT molecular complexity index is 658. The minimum Gasteiger partial charge on any atom is -0.459 e. The second-order valence-electron chi connectivity index (χ2n) is 10.6. The van der Waals surface area contributed by atoms with Crippen molar-refractivity contribution in [2.75, 3.05) is 6.61 Å². The molecule has 0 heterocycles. The number of fused-ring (bicyclic) bond motifs is 1. The fraction of sp³-hybridized carbons (Fsp3) is 0.800. The first-order valence-corrected chi connectivity index (χ1v) is 11.3. The maximum atomic E-state index is 12.6. The Morgan fingerprint density at radius 2 is 1.93 bits per heavy atom. The number of rotatable bonds is 7. The number of hydrogen-bond donors (Lipinski definition) is 2. The number of carbonyl (C=O) groups is 1. The Morgan fingerprint density at radius 3 is 2.52 bits per heavy atom. The van der Waals surface area contributed by atoms with Gasteiger partial charge < -0.3 is 14.9 Å². The molecule has 0 aliphatic heterocycles. The fourth-order valence-corrected chi connectivity index (χ4v) is 6.02. The zero-order valence-corrected chi connectivity index (χ0v) is 19.5. The van der Waals surface area contributed by atoms with E-state index in [2.05, 4.69) is 20.8 Å². The first kappa shape index (κ1) is 24.1. The summed E-state index contributed by atoms with van der Waals surface area (Å²) >= 11 is 0. The van der Waals surface area contributed by atoms with Crippen LogP contribution in [0.4, 0.5) is 0 Å². The third-order valence-corrected chi connectivity index (χ3v) is 7.35. The molecule has 0 radical (unpaired) electrons. The van der Waals surface area contributed by atoms with Gasteiger partial charge in [0.25, 0.3) is 0 Å². The van der Waals surface area contributed by atoms with E-state index in [1.165, 1.54) is 11.1 Å². The molecule has 0 saturated heterocycles. The van der Waals surface area contributed by atoms with Crippen molar-refractivity contribution in [1.82, 2.24) is 0 Å². The summed E-state index contributed by atoms with van der Waals surface area (Å²) in [6.07, 6.45) is 6.03. The normalized spacial score (nSPS) is 32.3. The van der Waals surface area contributed by atoms with Crippen LogP contribution in [0.25, 0.3) is 0 Å². The Labute approximate surface area is 177 Å². The van der Waals surface area contributed by atoms with E-state index in [9.17, 15) is 15.0 Å². The lowest BCUT2D eigenvalue weighted by Gasteiger charge is -2.58. The third kappa shape index (κ3) is 5.14. The molecule has 0 bridgehead atoms. The number of aliphatic hydroxyl groups is 2. The quantitative estimate of drug-likeness (QED) is 0.451. The van der Waals surface area contributed by atoms with E-state index in [-0.39, 0.29) is 35.2 Å². The number of carbonyl (C=O) groups excluding carboxylic acids is 1. The predicted octanol–water partition coefficient (Wildman–Crippen LogP) is 5.19. The minimum atomic E-state index is -0.751. The summed E-state index contributed by atoms with van der Waals surface area (Å²) in [6.45, 7) is 15.0. The van der Waals surface area contributed by atoms with Gasteiger partial charge in [-0.3, -0.25) is 4.79 Å². The van der Waals surface area contributed by atoms with Gasteiger partial charge in [-0.05, 0) is 61.9 Å². The van der Waals surface area contributed by atoms with E-state index in [0.717, 1.165) is 37.7 Å². The molecule has 0 spiro atoms. The van der Waals surface area contributed by atoms with Gasteiger partial charge in [-0.1, -0.05) is 58.3 Å². The van der Waals surface area contributed by atoms with Crippen LogP contribution in [0.5, 0.6) is 0 Å². The summed E-state index contributed by atoms with van der Waals surface area (Å²) in [5.41, 5.74) is 3.36. The van der Waals surface area contributed by atoms with Gasteiger partial charge in [0.1, 0.15) is 12.2 Å². The molecule has 0 aromatic carbocycles. The van der Waals surface area contributed by atoms with Crippen LogP contribution >= 0.6 is 0 Å². The molecule has 29 heavy (non-hydrogen) atoms. The summed E-state index contributed by atoms with van der Waals surface area (Å²) in [4.78, 5) is 12.6. The van der Waals surface area contributed by atoms with Crippen LogP contribution in [-0.2, 0) is 9.53 Å². The van der Waals surface area contributed by atoms with Crippen molar-refractivity contribution >= 4 is 5.97 Å². The Morgan fingerprint density at radius 1 is 1.28 bits per heavy atom. The number of hydrogen-bond acceptors (Lipinski definition) is 4. The average Bonchev–Trinajstić information content (AvgIpc) is 2.57. The van der Waals surface area contributed by atoms with Crippen molar-refractivity contribution in [3.05, 3.63) is 22.8 Å². The lowest BCUT2D eigenvalue weighted by molar-refractivity contribution is -0.176. The first-order valence-electron chi connectivity index (χ1n) is 11.3. The van der Waals surface area contributed by atoms with Crippen LogP contribution in [-0.4, -0.2) is 35.0 Å². The topological polar surface area (TPSA) is 66.8 Å². The minimum absolute atomic E-state index is 0.0152. The van der Waals surface area contributed by atoms with E-state index in [4.69, 9.17) is 4.74 Å². The monoisotopic (exact) mass is 406 g/mol. The van der Waals surface area contributed by atoms with Gasteiger partial charge in [0.2, 0.25) is 0 Å². The van der Waals surface area contributed by atoms with E-state index >= 15 is 0 Å². The summed E-state index contributed by atoms with van der Waals surface area (Å²) < 4.78 is 6.00. The van der Waals surface area contributed by atoms with Crippen LogP contribution in [0.2, 0.25) is 0 Å². The zero-order chi connectivity index (χ0) is 22.0. The largest absolute Gasteiger partial charge is 0.459 e. The molecule has 4 unspecified atom stereocenters. The lowest BCUT2D eigenvalue weighted by Crippen LogP contribution is -2.58. The second kappa shape index (κ2) is 9.34. The molecule has 2 aliphatic carbocycles. The Kier molecular flexibility index (Phi) is 7.78. The summed E-state index contributed by atoms with van der Waals surface area (Å²) in [7, 11) is 0. The highest BCUT2D eigenvalue weighted by Crippen LogP contribution is 2.61. The van der Waals surface area contributed by atoms with Crippen molar-refractivity contribution in [3.63, 3.8) is 0 Å². The lowest BCUT2D eigenvalue weighted by atomic mass is 9.48. The first-order chi connectivity index (χ1) is 13.4. The zero-order valence-electron chi connectivity index (χ0n) is 19.5. The molecular weight excluding hydrogens is 364 g/mol. The molecule has 166 valence electrons. The maximum absolute atomic E-state index is 12.6. The van der Waals surface area contributed by atoms with E-state index in [1.54, 1.807) is 0 Å². The van der Waals surface area contributed by atoms with Gasteiger partial charge in [0.05, 0.1) is 6.61 Å². The van der Waals surface area contributed by atoms with Gasteiger partial charge in [-0.25, -0.2) is 0 Å². The summed E-state index contributed by atoms with van der Waals surface area (Å²) in [6, 6.07) is 0. The smallest absolute Gasteiger partial charge is 0.306 e. The van der Waals surface area contributed by atoms with E-state index in [0.29, 0.717) is 6.42 Å². The highest BCUT2D eigenvalue weighted by atomic mass is 16.6. The SMILES string of the molecule is CC(=CCO)CCC1=C(C)C(O)C(OC(=O)CC(C)C)C2C(C)(C)CCCC12C. The molecule has 0 amide bonds. The molecule has 0 aromatic heterocycles. The molecule has 1 fully saturated rings. The predicted molar refractivity (Wildman–Crippen MR) is 117 cm³/mol. The maximum Gasteiger partial charge on any atom is 0.306 e. The third-order valence-electron chi connectivity index (χ3n) is 7.35. The molecule has 4 heteroatoms. The number of allylic oxidation sites excluding steroid dienone is 2. The molecule has 4 nitrogen and oxygen atoms in total. The molecule has 2 N–H and O–H groups in total. The van der Waals surface area contributed by atoms with Gasteiger partial charge in [-0.15, -0.1) is 0 Å². The van der Waals surface area contributed by atoms with Gasteiger partial charge >= 0.3 is 5.97 Å². The molecule has 2 aliphatic rings. The van der Waals surface area contributed by atoms with Crippen molar-refractivity contribution in [2.45, 2.75) is 99.2 Å². The summed E-state index contributed by atoms with van der Waals surface area (Å²) in [5, 5.41) is 20.4. The van der Waals surface area contributed by atoms with Crippen LogP contribution in [0.3, 0.4) is 0 Å². The summed E-state index contributed by atoms with van der Waals surface area (Å²) in [5.74, 6) is 0.129. The van der Waals surface area contributed by atoms with Crippen LogP contribution in [0.1, 0.15) is 87.0 Å². The second-order valence-corrected chi connectivity index (χ2v) is 10.6. The van der Waals surface area contributed by atoms with Gasteiger partial charge in [0.15, 0.2) is 0 Å². The Balaban J connectivity index is 2.44. The van der Waals surface area contributed by atoms with Crippen LogP contribution in [0, 0.1) is 22.7 Å². The number of aliphatic hydroxyl groups excluding tert-OH is 2. The van der Waals surface area contributed by atoms with Crippen molar-refractivity contribution in [3.8, 4) is 0 Å².